The second kappa shape index (κ2) is 12.1. The molecule has 0 amide bonds. The molecule has 0 spiro atoms. The smallest absolute Gasteiger partial charge is 0.330 e. The van der Waals surface area contributed by atoms with Gasteiger partial charge in [0.2, 0.25) is 0 Å². The van der Waals surface area contributed by atoms with Crippen molar-refractivity contribution in [2.24, 2.45) is 0 Å². The normalized spacial score (nSPS) is 15.8. The Labute approximate surface area is 175 Å². The molecule has 2 atom stereocenters. The second-order valence-corrected chi connectivity index (χ2v) is 9.35. The molecule has 0 bridgehead atoms. The Morgan fingerprint density at radius 2 is 1.86 bits per heavy atom. The van der Waals surface area contributed by atoms with Gasteiger partial charge in [0, 0.05) is 15.7 Å². The van der Waals surface area contributed by atoms with Gasteiger partial charge in [-0.25, -0.2) is 4.79 Å². The highest BCUT2D eigenvalue weighted by Gasteiger charge is 2.32. The molecule has 0 unspecified atom stereocenters. The van der Waals surface area contributed by atoms with E-state index in [0.29, 0.717) is 0 Å². The van der Waals surface area contributed by atoms with Gasteiger partial charge in [0.1, 0.15) is 0 Å². The van der Waals surface area contributed by atoms with Gasteiger partial charge < -0.3 is 9.84 Å². The van der Waals surface area contributed by atoms with Crippen LogP contribution >= 0.6 is 11.8 Å². The molecule has 0 fully saturated rings. The highest BCUT2D eigenvalue weighted by Crippen LogP contribution is 2.39. The highest BCUT2D eigenvalue weighted by molar-refractivity contribution is 8.00. The zero-order valence-corrected chi connectivity index (χ0v) is 19.1. The monoisotopic (exact) mass is 404 g/mol. The Kier molecular flexibility index (Phi) is 10.6. The largest absolute Gasteiger partial charge is 0.466 e. The van der Waals surface area contributed by atoms with E-state index in [2.05, 4.69) is 62.8 Å². The number of aryl methyl sites for hydroxylation is 1. The number of benzene rings is 1. The zero-order chi connectivity index (χ0) is 21.2. The van der Waals surface area contributed by atoms with Crippen LogP contribution in [0.5, 0.6) is 0 Å². The van der Waals surface area contributed by atoms with Crippen LogP contribution in [0.4, 0.5) is 0 Å². The molecule has 0 aliphatic carbocycles. The lowest BCUT2D eigenvalue weighted by Crippen LogP contribution is -2.35. The molecule has 28 heavy (non-hydrogen) atoms. The van der Waals surface area contributed by atoms with Crippen LogP contribution in [0.25, 0.3) is 0 Å². The lowest BCUT2D eigenvalue weighted by Gasteiger charge is -2.33. The first-order valence-corrected chi connectivity index (χ1v) is 10.9. The van der Waals surface area contributed by atoms with Crippen molar-refractivity contribution in [3.8, 4) is 0 Å². The van der Waals surface area contributed by atoms with E-state index in [1.807, 2.05) is 6.92 Å². The number of carbonyl (C=O) groups is 1. The van der Waals surface area contributed by atoms with E-state index >= 15 is 0 Å². The fourth-order valence-electron chi connectivity index (χ4n) is 2.90. The molecule has 4 heteroatoms. The molecule has 0 heterocycles. The summed E-state index contributed by atoms with van der Waals surface area (Å²) in [6.07, 6.45) is 7.66. The van der Waals surface area contributed by atoms with E-state index in [4.69, 9.17) is 0 Å². The topological polar surface area (TPSA) is 46.5 Å². The maximum Gasteiger partial charge on any atom is 0.330 e. The average Bonchev–Trinajstić information content (AvgIpc) is 2.67. The summed E-state index contributed by atoms with van der Waals surface area (Å²) in [6, 6.07) is 8.51. The zero-order valence-electron chi connectivity index (χ0n) is 18.2. The number of ether oxygens (including phenoxy) is 1. The maximum atomic E-state index is 11.2. The second-order valence-electron chi connectivity index (χ2n) is 7.74. The lowest BCUT2D eigenvalue weighted by molar-refractivity contribution is -0.134. The number of thioether (sulfide) groups is 1. The predicted molar refractivity (Wildman–Crippen MR) is 120 cm³/mol. The first-order chi connectivity index (χ1) is 13.2. The molecule has 1 aromatic rings. The number of rotatable bonds is 11. The van der Waals surface area contributed by atoms with E-state index < -0.39 is 0 Å². The summed E-state index contributed by atoms with van der Waals surface area (Å²) in [5.41, 5.74) is 3.55. The first-order valence-electron chi connectivity index (χ1n) is 10.0. The van der Waals surface area contributed by atoms with Gasteiger partial charge in [0.15, 0.2) is 0 Å². The van der Waals surface area contributed by atoms with Gasteiger partial charge in [-0.15, -0.1) is 11.8 Å². The molecule has 0 aliphatic rings. The standard InChI is InChI=1S/C24H36O3S/c1-7-24(5,28-21-14-11-19(3)12-15-21)22(25)16-13-18(2)9-8-10-20(4)17-23(26)27-6/h9,11-12,14-15,17,22,25H,7-8,10,13,16H2,1-6H3/b18-9+,20-17+/t22-,24-/m1/s1. The molecule has 1 N–H and O–H groups in total. The minimum atomic E-state index is -0.367. The predicted octanol–water partition coefficient (Wildman–Crippen LogP) is 6.24. The van der Waals surface area contributed by atoms with Gasteiger partial charge in [-0.3, -0.25) is 0 Å². The number of allylic oxidation sites excluding steroid dienone is 3. The van der Waals surface area contributed by atoms with E-state index in [0.717, 1.165) is 37.7 Å². The van der Waals surface area contributed by atoms with Crippen molar-refractivity contribution in [1.29, 1.82) is 0 Å². The molecule has 0 saturated heterocycles. The van der Waals surface area contributed by atoms with Crippen molar-refractivity contribution in [3.05, 3.63) is 53.1 Å². The first kappa shape index (κ1) is 24.5. The van der Waals surface area contributed by atoms with Crippen LogP contribution < -0.4 is 0 Å². The summed E-state index contributed by atoms with van der Waals surface area (Å²) in [5.74, 6) is -0.300. The van der Waals surface area contributed by atoms with Gasteiger partial charge in [0.25, 0.3) is 0 Å². The number of methoxy groups -OCH3 is 1. The minimum Gasteiger partial charge on any atom is -0.466 e. The number of hydrogen-bond donors (Lipinski definition) is 1. The SMILES string of the molecule is CC[C@@](C)(Sc1ccc(C)cc1)[C@H](O)CC/C(C)=C/CC/C(C)=C/C(=O)OC. The third-order valence-corrected chi connectivity index (χ3v) is 6.72. The molecule has 1 aromatic carbocycles. The molecular formula is C24H36O3S. The summed E-state index contributed by atoms with van der Waals surface area (Å²) >= 11 is 1.77. The van der Waals surface area contributed by atoms with Crippen molar-refractivity contribution in [1.82, 2.24) is 0 Å². The maximum absolute atomic E-state index is 11.2. The Morgan fingerprint density at radius 3 is 2.43 bits per heavy atom. The lowest BCUT2D eigenvalue weighted by atomic mass is 9.94. The third kappa shape index (κ3) is 8.66. The average molecular weight is 405 g/mol. The Hall–Kier alpha value is -1.52. The van der Waals surface area contributed by atoms with E-state index in [1.165, 1.54) is 23.1 Å². The Bertz CT molecular complexity index is 676. The number of carbonyl (C=O) groups excluding carboxylic acids is 1. The quantitative estimate of drug-likeness (QED) is 0.205. The van der Waals surface area contributed by atoms with Gasteiger partial charge in [-0.05, 0) is 71.9 Å². The van der Waals surface area contributed by atoms with Crippen molar-refractivity contribution in [2.75, 3.05) is 7.11 Å². The Morgan fingerprint density at radius 1 is 1.21 bits per heavy atom. The third-order valence-electron chi connectivity index (χ3n) is 5.19. The van der Waals surface area contributed by atoms with Gasteiger partial charge in [0.05, 0.1) is 13.2 Å². The van der Waals surface area contributed by atoms with Crippen molar-refractivity contribution < 1.29 is 14.6 Å². The summed E-state index contributed by atoms with van der Waals surface area (Å²) in [4.78, 5) is 12.4. The van der Waals surface area contributed by atoms with Gasteiger partial charge >= 0.3 is 5.97 Å². The van der Waals surface area contributed by atoms with Crippen LogP contribution in [0.15, 0.2) is 52.5 Å². The highest BCUT2D eigenvalue weighted by atomic mass is 32.2. The van der Waals surface area contributed by atoms with Crippen molar-refractivity contribution in [3.63, 3.8) is 0 Å². The fourth-order valence-corrected chi connectivity index (χ4v) is 4.11. The van der Waals surface area contributed by atoms with Gasteiger partial charge in [-0.2, -0.15) is 0 Å². The Balaban J connectivity index is 2.55. The van der Waals surface area contributed by atoms with Crippen LogP contribution in [-0.2, 0) is 9.53 Å². The molecule has 1 rings (SSSR count). The number of hydrogen-bond acceptors (Lipinski definition) is 4. The van der Waals surface area contributed by atoms with Crippen molar-refractivity contribution >= 4 is 17.7 Å². The molecule has 3 nitrogen and oxygen atoms in total. The number of esters is 1. The number of aliphatic hydroxyl groups is 1. The minimum absolute atomic E-state index is 0.199. The van der Waals surface area contributed by atoms with E-state index in [-0.39, 0.29) is 16.8 Å². The van der Waals surface area contributed by atoms with E-state index in [1.54, 1.807) is 17.8 Å². The van der Waals surface area contributed by atoms with Crippen LogP contribution in [0.1, 0.15) is 65.4 Å². The van der Waals surface area contributed by atoms with E-state index in [9.17, 15) is 9.90 Å². The fraction of sp³-hybridized carbons (Fsp3) is 0.542. The molecule has 0 radical (unpaired) electrons. The molecule has 0 aliphatic heterocycles. The van der Waals surface area contributed by atoms with Crippen LogP contribution in [0.2, 0.25) is 0 Å². The molecule has 156 valence electrons. The van der Waals surface area contributed by atoms with Crippen LogP contribution in [0.3, 0.4) is 0 Å². The van der Waals surface area contributed by atoms with Crippen molar-refractivity contribution in [2.45, 2.75) is 82.5 Å². The molecule has 0 aromatic heterocycles. The summed E-state index contributed by atoms with van der Waals surface area (Å²) in [6.45, 7) is 10.4. The van der Waals surface area contributed by atoms with Gasteiger partial charge in [-0.1, -0.05) is 41.8 Å². The molecule has 0 saturated carbocycles. The van der Waals surface area contributed by atoms with Crippen LogP contribution in [0, 0.1) is 6.92 Å². The summed E-state index contributed by atoms with van der Waals surface area (Å²) < 4.78 is 4.44. The number of aliphatic hydroxyl groups excluding tert-OH is 1. The summed E-state index contributed by atoms with van der Waals surface area (Å²) in [5, 5.41) is 10.9. The van der Waals surface area contributed by atoms with Crippen LogP contribution in [-0.4, -0.2) is 29.0 Å². The molecular weight excluding hydrogens is 368 g/mol. The summed E-state index contributed by atoms with van der Waals surface area (Å²) in [7, 11) is 1.39.